The second kappa shape index (κ2) is 17.4. The van der Waals surface area contributed by atoms with Gasteiger partial charge in [-0.1, -0.05) is 131 Å². The first-order chi connectivity index (χ1) is 22.1. The summed E-state index contributed by atoms with van der Waals surface area (Å²) < 4.78 is 53.1. The van der Waals surface area contributed by atoms with Crippen molar-refractivity contribution in [2.24, 2.45) is 0 Å². The Morgan fingerprint density at radius 3 is 1.42 bits per heavy atom. The minimum absolute atomic E-state index is 0.198. The molecular weight excluding hydrogens is 589 g/mol. The summed E-state index contributed by atoms with van der Waals surface area (Å²) in [5.74, 6) is 0. The number of ether oxygens (including phenoxy) is 5. The maximum absolute atomic E-state index is 13.0. The Morgan fingerprint density at radius 1 is 0.578 bits per heavy atom. The summed E-state index contributed by atoms with van der Waals surface area (Å²) in [6.07, 6.45) is -3.62. The van der Waals surface area contributed by atoms with E-state index >= 15 is 0 Å². The van der Waals surface area contributed by atoms with Crippen LogP contribution in [0.2, 0.25) is 0 Å². The first-order valence-electron chi connectivity index (χ1n) is 15.1. The molecule has 1 heterocycles. The predicted octanol–water partition coefficient (Wildman–Crippen LogP) is 6.92. The molecule has 0 N–H and O–H groups in total. The molecule has 0 spiro atoms. The molecule has 1 aliphatic heterocycles. The molecule has 236 valence electrons. The number of hydrogen-bond acceptors (Lipinski definition) is 7. The monoisotopic (exact) mass is 630 g/mol. The van der Waals surface area contributed by atoms with Crippen LogP contribution in [0.15, 0.2) is 121 Å². The van der Waals surface area contributed by atoms with Gasteiger partial charge in [0.25, 0.3) is 0 Å². The van der Waals surface area contributed by atoms with E-state index in [1.54, 1.807) is 14.1 Å². The average molecular weight is 631 g/mol. The van der Waals surface area contributed by atoms with Crippen molar-refractivity contribution < 1.29 is 32.8 Å². The Balaban J connectivity index is 1.45. The van der Waals surface area contributed by atoms with Gasteiger partial charge in [0.1, 0.15) is 24.4 Å². The minimum atomic E-state index is -2.21. The maximum atomic E-state index is 13.0. The van der Waals surface area contributed by atoms with E-state index in [-0.39, 0.29) is 13.2 Å². The van der Waals surface area contributed by atoms with Crippen LogP contribution in [0.5, 0.6) is 0 Å². The van der Waals surface area contributed by atoms with E-state index in [4.69, 9.17) is 28.2 Å². The first kappa shape index (κ1) is 33.1. The van der Waals surface area contributed by atoms with Gasteiger partial charge in [-0.2, -0.15) is 0 Å². The van der Waals surface area contributed by atoms with E-state index in [1.165, 1.54) is 4.67 Å². The van der Waals surface area contributed by atoms with Gasteiger partial charge in [0.05, 0.1) is 33.0 Å². The summed E-state index contributed by atoms with van der Waals surface area (Å²) in [5.41, 5.74) is 4.03. The Kier molecular flexibility index (Phi) is 12.8. The largest absolute Gasteiger partial charge is 0.618 e. The fraction of sp³-hybridized carbons (Fsp3) is 0.333. The number of hydrogen-bond donors (Lipinski definition) is 0. The SMILES string of the molecule is CN(C)[P+](=O)O[C@H]1O[C@H](COCc2ccccc2)[C@H](OCc2ccccc2)[C@H](OCc2ccccc2)[C@H]1OCc1ccccc1. The summed E-state index contributed by atoms with van der Waals surface area (Å²) in [5, 5.41) is 0. The molecule has 1 aliphatic rings. The third-order valence-electron chi connectivity index (χ3n) is 7.36. The maximum Gasteiger partial charge on any atom is 0.618 e. The second-order valence-corrected chi connectivity index (χ2v) is 12.5. The van der Waals surface area contributed by atoms with Gasteiger partial charge >= 0.3 is 8.18 Å². The van der Waals surface area contributed by atoms with E-state index in [1.807, 2.05) is 121 Å². The summed E-state index contributed by atoms with van der Waals surface area (Å²) in [4.78, 5) is 0. The molecule has 0 bridgehead atoms. The number of benzene rings is 4. The number of rotatable bonds is 16. The Bertz CT molecular complexity index is 1410. The molecule has 1 saturated heterocycles. The van der Waals surface area contributed by atoms with Crippen LogP contribution in [0.25, 0.3) is 0 Å². The first-order valence-corrected chi connectivity index (χ1v) is 16.2. The summed E-state index contributed by atoms with van der Waals surface area (Å²) >= 11 is 0. The lowest BCUT2D eigenvalue weighted by molar-refractivity contribution is -0.309. The lowest BCUT2D eigenvalue weighted by Gasteiger charge is -2.44. The highest BCUT2D eigenvalue weighted by atomic mass is 31.1. The Hall–Kier alpha value is -3.30. The van der Waals surface area contributed by atoms with Crippen molar-refractivity contribution >= 4 is 8.18 Å². The third kappa shape index (κ3) is 10.1. The van der Waals surface area contributed by atoms with Crippen molar-refractivity contribution in [2.75, 3.05) is 20.7 Å². The van der Waals surface area contributed by atoms with Gasteiger partial charge in [0.15, 0.2) is 0 Å². The molecule has 0 amide bonds. The van der Waals surface area contributed by atoms with Crippen LogP contribution in [-0.2, 0) is 59.2 Å². The van der Waals surface area contributed by atoms with Crippen molar-refractivity contribution in [3.63, 3.8) is 0 Å². The van der Waals surface area contributed by atoms with Crippen LogP contribution < -0.4 is 0 Å². The zero-order valence-corrected chi connectivity index (χ0v) is 26.6. The highest BCUT2D eigenvalue weighted by Gasteiger charge is 2.52. The molecule has 4 aromatic rings. The van der Waals surface area contributed by atoms with Crippen molar-refractivity contribution in [1.29, 1.82) is 0 Å². The summed E-state index contributed by atoms with van der Waals surface area (Å²) in [6, 6.07) is 39.7. The van der Waals surface area contributed by atoms with Crippen LogP contribution in [0, 0.1) is 0 Å². The predicted molar refractivity (Wildman–Crippen MR) is 172 cm³/mol. The van der Waals surface area contributed by atoms with Crippen LogP contribution in [0.1, 0.15) is 22.3 Å². The van der Waals surface area contributed by atoms with Gasteiger partial charge in [-0.15, -0.1) is 0 Å². The second-order valence-electron chi connectivity index (χ2n) is 11.0. The fourth-order valence-corrected chi connectivity index (χ4v) is 5.55. The van der Waals surface area contributed by atoms with E-state index in [9.17, 15) is 4.57 Å². The molecule has 5 rings (SSSR count). The van der Waals surface area contributed by atoms with Crippen LogP contribution in [0.3, 0.4) is 0 Å². The van der Waals surface area contributed by atoms with Crippen molar-refractivity contribution in [1.82, 2.24) is 4.67 Å². The molecule has 8 nitrogen and oxygen atoms in total. The minimum Gasteiger partial charge on any atom is -0.374 e. The quantitative estimate of drug-likeness (QED) is 0.124. The van der Waals surface area contributed by atoms with E-state index in [0.29, 0.717) is 19.8 Å². The van der Waals surface area contributed by atoms with Crippen LogP contribution >= 0.6 is 8.18 Å². The smallest absolute Gasteiger partial charge is 0.374 e. The van der Waals surface area contributed by atoms with Gasteiger partial charge in [-0.25, -0.2) is 0 Å². The van der Waals surface area contributed by atoms with Gasteiger partial charge in [0.2, 0.25) is 6.29 Å². The Labute approximate surface area is 266 Å². The molecule has 0 aliphatic carbocycles. The van der Waals surface area contributed by atoms with Gasteiger partial charge < -0.3 is 23.7 Å². The van der Waals surface area contributed by atoms with Gasteiger partial charge in [-0.3, -0.25) is 0 Å². The van der Waals surface area contributed by atoms with Gasteiger partial charge in [0, 0.05) is 14.1 Å². The molecule has 0 radical (unpaired) electrons. The molecule has 1 unspecified atom stereocenters. The molecule has 45 heavy (non-hydrogen) atoms. The Morgan fingerprint density at radius 2 is 0.978 bits per heavy atom. The van der Waals surface area contributed by atoms with Gasteiger partial charge in [-0.05, 0) is 26.8 Å². The third-order valence-corrected chi connectivity index (χ3v) is 8.40. The van der Waals surface area contributed by atoms with E-state index < -0.39 is 38.9 Å². The highest BCUT2D eigenvalue weighted by molar-refractivity contribution is 7.36. The molecule has 9 heteroatoms. The van der Waals surface area contributed by atoms with Crippen LogP contribution in [-0.4, -0.2) is 56.1 Å². The molecule has 0 aromatic heterocycles. The summed E-state index contributed by atoms with van der Waals surface area (Å²) in [7, 11) is 1.17. The standard InChI is InChI=1S/C36H41NO7P/c1-37(2)45(38)44-36-35(42-26-31-21-13-6-14-22-31)34(41-25-30-19-11-5-12-20-30)33(40-24-29-17-9-4-10-18-29)32(43-36)27-39-23-28-15-7-3-8-16-28/h3-22,32-36H,23-27H2,1-2H3/q+1/t32-,33+,34+,35-,36-/m1/s1. The molecule has 4 aromatic carbocycles. The van der Waals surface area contributed by atoms with Crippen molar-refractivity contribution in [2.45, 2.75) is 57.1 Å². The fourth-order valence-electron chi connectivity index (χ4n) is 5.02. The summed E-state index contributed by atoms with van der Waals surface area (Å²) in [6.45, 7) is 1.51. The lowest BCUT2D eigenvalue weighted by Crippen LogP contribution is -2.61. The molecule has 6 atom stereocenters. The zero-order chi connectivity index (χ0) is 31.3. The lowest BCUT2D eigenvalue weighted by atomic mass is 9.98. The normalized spacial score (nSPS) is 21.9. The average Bonchev–Trinajstić information content (AvgIpc) is 3.08. The molecule has 0 saturated carbocycles. The zero-order valence-electron chi connectivity index (χ0n) is 25.7. The number of nitrogens with zero attached hydrogens (tertiary/aromatic N) is 1. The van der Waals surface area contributed by atoms with Crippen LogP contribution in [0.4, 0.5) is 0 Å². The van der Waals surface area contributed by atoms with E-state index in [2.05, 4.69) is 0 Å². The topological polar surface area (TPSA) is 75.7 Å². The highest BCUT2D eigenvalue weighted by Crippen LogP contribution is 2.37. The van der Waals surface area contributed by atoms with E-state index in [0.717, 1.165) is 22.3 Å². The molecular formula is C36H41NO7P+. The van der Waals surface area contributed by atoms with Crippen molar-refractivity contribution in [3.05, 3.63) is 144 Å². The molecule has 1 fully saturated rings. The van der Waals surface area contributed by atoms with Crippen molar-refractivity contribution in [3.8, 4) is 0 Å².